The van der Waals surface area contributed by atoms with Crippen molar-refractivity contribution in [3.05, 3.63) is 35.4 Å². The number of ether oxygens (including phenoxy) is 1. The number of rotatable bonds is 3. The summed E-state index contributed by atoms with van der Waals surface area (Å²) in [5.74, 6) is -1.07. The zero-order chi connectivity index (χ0) is 15.0. The Labute approximate surface area is 119 Å². The first-order chi connectivity index (χ1) is 9.60. The van der Waals surface area contributed by atoms with Gasteiger partial charge >= 0.3 is 5.97 Å². The molecule has 1 fully saturated rings. The van der Waals surface area contributed by atoms with E-state index in [4.69, 9.17) is 5.11 Å². The van der Waals surface area contributed by atoms with Crippen molar-refractivity contribution in [2.24, 2.45) is 0 Å². The molecule has 0 bridgehead atoms. The van der Waals surface area contributed by atoms with Gasteiger partial charge in [-0.3, -0.25) is 4.79 Å². The van der Waals surface area contributed by atoms with E-state index in [0.717, 1.165) is 32.5 Å². The first-order valence-electron chi connectivity index (χ1n) is 6.71. The highest BCUT2D eigenvalue weighted by Crippen LogP contribution is 2.14. The second-order valence-corrected chi connectivity index (χ2v) is 4.46. The van der Waals surface area contributed by atoms with Gasteiger partial charge in [-0.1, -0.05) is 6.07 Å². The number of aromatic carboxylic acids is 1. The van der Waals surface area contributed by atoms with Gasteiger partial charge < -0.3 is 14.7 Å². The molecule has 1 saturated heterocycles. The molecule has 20 heavy (non-hydrogen) atoms. The SMILES string of the molecule is CCOC.O=C(O)c1cccc(C(=O)N2CCCC2)c1. The van der Waals surface area contributed by atoms with Crippen LogP contribution in [0.3, 0.4) is 0 Å². The Balaban J connectivity index is 0.000000444. The molecule has 110 valence electrons. The fourth-order valence-electron chi connectivity index (χ4n) is 1.89. The van der Waals surface area contributed by atoms with Crippen LogP contribution in [0.15, 0.2) is 24.3 Å². The number of methoxy groups -OCH3 is 1. The number of carbonyl (C=O) groups excluding carboxylic acids is 1. The molecule has 1 amide bonds. The molecule has 0 radical (unpaired) electrons. The number of carboxylic acids is 1. The van der Waals surface area contributed by atoms with Crippen molar-refractivity contribution in [2.45, 2.75) is 19.8 Å². The number of likely N-dealkylation sites (tertiary alicyclic amines) is 1. The summed E-state index contributed by atoms with van der Waals surface area (Å²) in [5.41, 5.74) is 0.617. The van der Waals surface area contributed by atoms with Gasteiger partial charge in [0.2, 0.25) is 0 Å². The summed E-state index contributed by atoms with van der Waals surface area (Å²) < 4.78 is 4.54. The molecular formula is C15H21NO4. The van der Waals surface area contributed by atoms with E-state index >= 15 is 0 Å². The number of benzene rings is 1. The summed E-state index contributed by atoms with van der Waals surface area (Å²) in [6.07, 6.45) is 2.06. The second kappa shape index (κ2) is 8.32. The van der Waals surface area contributed by atoms with Crippen LogP contribution in [0, 0.1) is 0 Å². The molecule has 0 saturated carbocycles. The molecular weight excluding hydrogens is 258 g/mol. The van der Waals surface area contributed by atoms with Crippen molar-refractivity contribution in [1.82, 2.24) is 4.90 Å². The van der Waals surface area contributed by atoms with Crippen LogP contribution in [0.1, 0.15) is 40.5 Å². The Morgan fingerprint density at radius 3 is 2.30 bits per heavy atom. The van der Waals surface area contributed by atoms with Crippen LogP contribution in [0.5, 0.6) is 0 Å². The molecule has 0 spiro atoms. The van der Waals surface area contributed by atoms with Gasteiger partial charge in [-0.2, -0.15) is 0 Å². The fourth-order valence-corrected chi connectivity index (χ4v) is 1.89. The Morgan fingerprint density at radius 1 is 1.25 bits per heavy atom. The fraction of sp³-hybridized carbons (Fsp3) is 0.467. The van der Waals surface area contributed by atoms with Crippen molar-refractivity contribution < 1.29 is 19.4 Å². The predicted molar refractivity (Wildman–Crippen MR) is 76.1 cm³/mol. The molecule has 1 aromatic rings. The van der Waals surface area contributed by atoms with Gasteiger partial charge in [-0.05, 0) is 38.0 Å². The van der Waals surface area contributed by atoms with Gasteiger partial charge in [-0.15, -0.1) is 0 Å². The van der Waals surface area contributed by atoms with E-state index < -0.39 is 5.97 Å². The molecule has 5 heteroatoms. The van der Waals surface area contributed by atoms with E-state index in [1.165, 1.54) is 12.1 Å². The number of hydrogen-bond donors (Lipinski definition) is 1. The maximum absolute atomic E-state index is 12.0. The zero-order valence-corrected chi connectivity index (χ0v) is 12.0. The monoisotopic (exact) mass is 279 g/mol. The third-order valence-corrected chi connectivity index (χ3v) is 3.04. The number of nitrogens with zero attached hydrogens (tertiary/aromatic N) is 1. The van der Waals surface area contributed by atoms with Crippen molar-refractivity contribution >= 4 is 11.9 Å². The first kappa shape index (κ1) is 16.2. The first-order valence-corrected chi connectivity index (χ1v) is 6.71. The van der Waals surface area contributed by atoms with E-state index in [2.05, 4.69) is 4.74 Å². The molecule has 1 N–H and O–H groups in total. The molecule has 0 unspecified atom stereocenters. The molecule has 1 heterocycles. The number of carbonyl (C=O) groups is 2. The molecule has 0 aromatic heterocycles. The van der Waals surface area contributed by atoms with E-state index in [0.29, 0.717) is 5.56 Å². The summed E-state index contributed by atoms with van der Waals surface area (Å²) in [6, 6.07) is 6.19. The molecule has 1 aliphatic rings. The Morgan fingerprint density at radius 2 is 1.80 bits per heavy atom. The molecule has 1 aromatic carbocycles. The Bertz CT molecular complexity index is 451. The lowest BCUT2D eigenvalue weighted by molar-refractivity contribution is 0.0697. The minimum absolute atomic E-state index is 0.0689. The van der Waals surface area contributed by atoms with Gasteiger partial charge in [0.05, 0.1) is 5.56 Å². The Kier molecular flexibility index (Phi) is 6.73. The van der Waals surface area contributed by atoms with E-state index in [1.54, 1.807) is 24.1 Å². The second-order valence-electron chi connectivity index (χ2n) is 4.46. The molecule has 1 aliphatic heterocycles. The van der Waals surface area contributed by atoms with Crippen LogP contribution >= 0.6 is 0 Å². The molecule has 2 rings (SSSR count). The minimum Gasteiger partial charge on any atom is -0.478 e. The van der Waals surface area contributed by atoms with Gasteiger partial charge in [0.15, 0.2) is 0 Å². The summed E-state index contributed by atoms with van der Waals surface area (Å²) >= 11 is 0. The van der Waals surface area contributed by atoms with Crippen LogP contribution < -0.4 is 0 Å². The summed E-state index contributed by atoms with van der Waals surface area (Å²) in [5, 5.41) is 8.83. The van der Waals surface area contributed by atoms with Crippen molar-refractivity contribution in [1.29, 1.82) is 0 Å². The van der Waals surface area contributed by atoms with E-state index in [1.807, 2.05) is 6.92 Å². The minimum atomic E-state index is -1.00. The number of carboxylic acid groups (broad SMARTS) is 1. The van der Waals surface area contributed by atoms with E-state index in [-0.39, 0.29) is 11.5 Å². The molecule has 5 nitrogen and oxygen atoms in total. The van der Waals surface area contributed by atoms with Crippen LogP contribution in [-0.4, -0.2) is 48.7 Å². The lowest BCUT2D eigenvalue weighted by Crippen LogP contribution is -2.27. The Hall–Kier alpha value is -1.88. The third kappa shape index (κ3) is 4.66. The molecule has 0 aliphatic carbocycles. The number of hydrogen-bond acceptors (Lipinski definition) is 3. The quantitative estimate of drug-likeness (QED) is 0.921. The summed E-state index contributed by atoms with van der Waals surface area (Å²) in [4.78, 5) is 24.5. The maximum Gasteiger partial charge on any atom is 0.335 e. The largest absolute Gasteiger partial charge is 0.478 e. The van der Waals surface area contributed by atoms with E-state index in [9.17, 15) is 9.59 Å². The van der Waals surface area contributed by atoms with Crippen LogP contribution in [0.4, 0.5) is 0 Å². The van der Waals surface area contributed by atoms with Crippen molar-refractivity contribution in [3.8, 4) is 0 Å². The lowest BCUT2D eigenvalue weighted by Gasteiger charge is -2.15. The average molecular weight is 279 g/mol. The van der Waals surface area contributed by atoms with Gasteiger partial charge in [0.1, 0.15) is 0 Å². The predicted octanol–water partition coefficient (Wildman–Crippen LogP) is 2.27. The standard InChI is InChI=1S/C12H13NO3.C3H8O/c14-11(13-6-1-2-7-13)9-4-3-5-10(8-9)12(15)16;1-3-4-2/h3-5,8H,1-2,6-7H2,(H,15,16);3H2,1-2H3. The summed E-state index contributed by atoms with van der Waals surface area (Å²) in [7, 11) is 1.68. The van der Waals surface area contributed by atoms with Gasteiger partial charge in [0.25, 0.3) is 5.91 Å². The van der Waals surface area contributed by atoms with Gasteiger partial charge in [-0.25, -0.2) is 4.79 Å². The zero-order valence-electron chi connectivity index (χ0n) is 12.0. The smallest absolute Gasteiger partial charge is 0.335 e. The third-order valence-electron chi connectivity index (χ3n) is 3.04. The van der Waals surface area contributed by atoms with Crippen LogP contribution in [0.2, 0.25) is 0 Å². The highest BCUT2D eigenvalue weighted by molar-refractivity contribution is 5.97. The summed E-state index contributed by atoms with van der Waals surface area (Å²) in [6.45, 7) is 4.33. The van der Waals surface area contributed by atoms with Gasteiger partial charge in [0, 0.05) is 32.4 Å². The lowest BCUT2D eigenvalue weighted by atomic mass is 10.1. The normalized spacial score (nSPS) is 13.6. The maximum atomic E-state index is 12.0. The molecule has 0 atom stereocenters. The highest BCUT2D eigenvalue weighted by Gasteiger charge is 2.19. The van der Waals surface area contributed by atoms with Crippen LogP contribution in [-0.2, 0) is 4.74 Å². The van der Waals surface area contributed by atoms with Crippen molar-refractivity contribution in [2.75, 3.05) is 26.8 Å². The average Bonchev–Trinajstić information content (AvgIpc) is 3.01. The number of amides is 1. The highest BCUT2D eigenvalue weighted by atomic mass is 16.5. The van der Waals surface area contributed by atoms with Crippen molar-refractivity contribution in [3.63, 3.8) is 0 Å². The topological polar surface area (TPSA) is 66.8 Å². The van der Waals surface area contributed by atoms with Crippen LogP contribution in [0.25, 0.3) is 0 Å².